The molecule has 1 heterocycles. The van der Waals surface area contributed by atoms with E-state index in [2.05, 4.69) is 18.8 Å². The second kappa shape index (κ2) is 4.00. The van der Waals surface area contributed by atoms with Gasteiger partial charge in [0.15, 0.2) is 5.58 Å². The Kier molecular flexibility index (Phi) is 2.69. The molecule has 0 bridgehead atoms. The van der Waals surface area contributed by atoms with Crippen LogP contribution in [-0.2, 0) is 0 Å². The van der Waals surface area contributed by atoms with E-state index in [4.69, 9.17) is 9.52 Å². The van der Waals surface area contributed by atoms with Crippen LogP contribution < -0.4 is 0 Å². The van der Waals surface area contributed by atoms with Crippen molar-refractivity contribution in [2.75, 3.05) is 0 Å². The number of fused-ring (bicyclic) bond motifs is 1. The van der Waals surface area contributed by atoms with Gasteiger partial charge in [0.25, 0.3) is 0 Å². The van der Waals surface area contributed by atoms with Gasteiger partial charge in [-0.15, -0.1) is 0 Å². The molecule has 0 aliphatic heterocycles. The van der Waals surface area contributed by atoms with E-state index >= 15 is 0 Å². The minimum Gasteiger partial charge on any atom is -0.512 e. The topological polar surface area (TPSA) is 46.3 Å². The van der Waals surface area contributed by atoms with Gasteiger partial charge in [0, 0.05) is 6.08 Å². The molecular weight excluding hydrogens is 202 g/mol. The third kappa shape index (κ3) is 2.08. The molecule has 0 amide bonds. The summed E-state index contributed by atoms with van der Waals surface area (Å²) in [4.78, 5) is 4.29. The third-order valence-electron chi connectivity index (χ3n) is 2.43. The predicted molar refractivity (Wildman–Crippen MR) is 64.4 cm³/mol. The first-order valence-corrected chi connectivity index (χ1v) is 5.34. The molecule has 0 atom stereocenters. The van der Waals surface area contributed by atoms with Crippen LogP contribution in [0.2, 0.25) is 0 Å². The van der Waals surface area contributed by atoms with Crippen LogP contribution in [-0.4, -0.2) is 10.1 Å². The first-order chi connectivity index (χ1) is 7.56. The zero-order chi connectivity index (χ0) is 11.7. The lowest BCUT2D eigenvalue weighted by Gasteiger charge is -2.02. The number of hydrogen-bond donors (Lipinski definition) is 1. The van der Waals surface area contributed by atoms with E-state index in [9.17, 15) is 0 Å². The molecule has 2 rings (SSSR count). The van der Waals surface area contributed by atoms with Gasteiger partial charge in [0.2, 0.25) is 5.89 Å². The highest BCUT2D eigenvalue weighted by atomic mass is 16.3. The summed E-state index contributed by atoms with van der Waals surface area (Å²) in [6.07, 6.45) is 1.51. The lowest BCUT2D eigenvalue weighted by molar-refractivity contribution is 0.417. The normalized spacial score (nSPS) is 12.6. The van der Waals surface area contributed by atoms with Crippen molar-refractivity contribution in [3.05, 3.63) is 35.4 Å². The van der Waals surface area contributed by atoms with Gasteiger partial charge in [0.1, 0.15) is 5.52 Å². The SMILES string of the molecule is CC(O)=Cc1nc2cc(C(C)C)ccc2o1. The average molecular weight is 217 g/mol. The zero-order valence-electron chi connectivity index (χ0n) is 9.69. The molecule has 1 aromatic heterocycles. The van der Waals surface area contributed by atoms with Crippen LogP contribution in [0.3, 0.4) is 0 Å². The molecule has 1 N–H and O–H groups in total. The number of allylic oxidation sites excluding steroid dienone is 1. The Hall–Kier alpha value is -1.77. The molecule has 0 radical (unpaired) electrons. The third-order valence-corrected chi connectivity index (χ3v) is 2.43. The highest BCUT2D eigenvalue weighted by Gasteiger charge is 2.06. The molecule has 1 aromatic carbocycles. The van der Waals surface area contributed by atoms with E-state index in [0.29, 0.717) is 11.8 Å². The molecular formula is C13H15NO2. The Morgan fingerprint density at radius 1 is 1.44 bits per heavy atom. The molecule has 0 spiro atoms. The van der Waals surface area contributed by atoms with E-state index in [1.54, 1.807) is 6.92 Å². The summed E-state index contributed by atoms with van der Waals surface area (Å²) in [5.74, 6) is 1.10. The van der Waals surface area contributed by atoms with Crippen molar-refractivity contribution in [2.45, 2.75) is 26.7 Å². The van der Waals surface area contributed by atoms with Crippen LogP contribution in [0.5, 0.6) is 0 Å². The molecule has 0 unspecified atom stereocenters. The highest BCUT2D eigenvalue weighted by molar-refractivity contribution is 5.75. The standard InChI is InChI=1S/C13H15NO2/c1-8(2)10-4-5-12-11(7-10)14-13(16-12)6-9(3)15/h4-8,15H,1-3H3. The van der Waals surface area contributed by atoms with E-state index in [0.717, 1.165) is 11.1 Å². The van der Waals surface area contributed by atoms with Gasteiger partial charge in [-0.2, -0.15) is 0 Å². The summed E-state index contributed by atoms with van der Waals surface area (Å²) < 4.78 is 5.47. The molecule has 0 fully saturated rings. The fourth-order valence-electron chi connectivity index (χ4n) is 1.56. The summed E-state index contributed by atoms with van der Waals surface area (Å²) in [7, 11) is 0. The second-order valence-corrected chi connectivity index (χ2v) is 4.22. The number of benzene rings is 1. The fourth-order valence-corrected chi connectivity index (χ4v) is 1.56. The Bertz CT molecular complexity index is 534. The molecule has 2 aromatic rings. The number of aliphatic hydroxyl groups is 1. The maximum atomic E-state index is 9.13. The van der Waals surface area contributed by atoms with Gasteiger partial charge < -0.3 is 9.52 Å². The minimum atomic E-state index is 0.190. The first-order valence-electron chi connectivity index (χ1n) is 5.34. The molecule has 0 saturated heterocycles. The van der Waals surface area contributed by atoms with Crippen molar-refractivity contribution >= 4 is 17.2 Å². The van der Waals surface area contributed by atoms with Crippen LogP contribution in [0.4, 0.5) is 0 Å². The molecule has 16 heavy (non-hydrogen) atoms. The summed E-state index contributed by atoms with van der Waals surface area (Å²) in [6, 6.07) is 5.98. The number of aromatic nitrogens is 1. The lowest BCUT2D eigenvalue weighted by atomic mass is 10.0. The van der Waals surface area contributed by atoms with Crippen molar-refractivity contribution < 1.29 is 9.52 Å². The Labute approximate surface area is 94.4 Å². The molecule has 0 saturated carbocycles. The maximum Gasteiger partial charge on any atom is 0.223 e. The maximum absolute atomic E-state index is 9.13. The van der Waals surface area contributed by atoms with Crippen LogP contribution in [0.1, 0.15) is 38.1 Å². The molecule has 0 aliphatic carbocycles. The Balaban J connectivity index is 2.50. The van der Waals surface area contributed by atoms with Gasteiger partial charge in [-0.05, 0) is 30.5 Å². The van der Waals surface area contributed by atoms with Crippen LogP contribution in [0.25, 0.3) is 17.2 Å². The quantitative estimate of drug-likeness (QED) is 0.777. The highest BCUT2D eigenvalue weighted by Crippen LogP contribution is 2.22. The number of rotatable bonds is 2. The van der Waals surface area contributed by atoms with Crippen molar-refractivity contribution in [2.24, 2.45) is 0 Å². The predicted octanol–water partition coefficient (Wildman–Crippen LogP) is 3.87. The number of nitrogens with zero attached hydrogens (tertiary/aromatic N) is 1. The lowest BCUT2D eigenvalue weighted by Crippen LogP contribution is -1.85. The number of oxazole rings is 1. The number of hydrogen-bond acceptors (Lipinski definition) is 3. The van der Waals surface area contributed by atoms with Gasteiger partial charge >= 0.3 is 0 Å². The van der Waals surface area contributed by atoms with Crippen molar-refractivity contribution in [1.29, 1.82) is 0 Å². The van der Waals surface area contributed by atoms with Crippen molar-refractivity contribution in [3.63, 3.8) is 0 Å². The molecule has 3 heteroatoms. The van der Waals surface area contributed by atoms with Crippen molar-refractivity contribution in [3.8, 4) is 0 Å². The summed E-state index contributed by atoms with van der Waals surface area (Å²) in [5, 5.41) is 9.13. The van der Waals surface area contributed by atoms with Gasteiger partial charge in [0.05, 0.1) is 5.76 Å². The largest absolute Gasteiger partial charge is 0.512 e. The molecule has 3 nitrogen and oxygen atoms in total. The van der Waals surface area contributed by atoms with Crippen LogP contribution in [0.15, 0.2) is 28.4 Å². The average Bonchev–Trinajstić information content (AvgIpc) is 2.56. The second-order valence-electron chi connectivity index (χ2n) is 4.22. The Morgan fingerprint density at radius 3 is 2.81 bits per heavy atom. The fraction of sp³-hybridized carbons (Fsp3) is 0.308. The summed E-state index contributed by atoms with van der Waals surface area (Å²) in [6.45, 7) is 5.87. The Morgan fingerprint density at radius 2 is 2.19 bits per heavy atom. The molecule has 84 valence electrons. The van der Waals surface area contributed by atoms with Gasteiger partial charge in [-0.3, -0.25) is 0 Å². The smallest absolute Gasteiger partial charge is 0.223 e. The summed E-state index contributed by atoms with van der Waals surface area (Å²) in [5.41, 5.74) is 2.81. The van der Waals surface area contributed by atoms with Gasteiger partial charge in [-0.25, -0.2) is 4.98 Å². The van der Waals surface area contributed by atoms with Crippen LogP contribution in [0, 0.1) is 0 Å². The van der Waals surface area contributed by atoms with Crippen molar-refractivity contribution in [1.82, 2.24) is 4.98 Å². The van der Waals surface area contributed by atoms with E-state index in [-0.39, 0.29) is 5.76 Å². The van der Waals surface area contributed by atoms with Crippen LogP contribution >= 0.6 is 0 Å². The van der Waals surface area contributed by atoms with E-state index in [1.807, 2.05) is 18.2 Å². The van der Waals surface area contributed by atoms with Gasteiger partial charge in [-0.1, -0.05) is 19.9 Å². The van der Waals surface area contributed by atoms with E-state index < -0.39 is 0 Å². The monoisotopic (exact) mass is 217 g/mol. The van der Waals surface area contributed by atoms with E-state index in [1.165, 1.54) is 11.6 Å². The molecule has 0 aliphatic rings. The zero-order valence-corrected chi connectivity index (χ0v) is 9.69. The number of aliphatic hydroxyl groups excluding tert-OH is 1. The first kappa shape index (κ1) is 10.7. The minimum absolute atomic E-state index is 0.190. The summed E-state index contributed by atoms with van der Waals surface area (Å²) >= 11 is 0.